The molecular formula is C27H30F3NO5. The van der Waals surface area contributed by atoms with Gasteiger partial charge < -0.3 is 18.9 Å². The number of nitrogens with zero attached hydrogens (tertiary/aromatic N) is 1. The molecule has 0 saturated carbocycles. The number of carbonyl (C=O) groups is 1. The topological polar surface area (TPSA) is 66.9 Å². The molecule has 0 aliphatic rings. The van der Waals surface area contributed by atoms with Crippen molar-refractivity contribution in [2.45, 2.75) is 59.1 Å². The molecule has 0 saturated heterocycles. The summed E-state index contributed by atoms with van der Waals surface area (Å²) in [6, 6.07) is 10.6. The molecule has 1 heterocycles. The van der Waals surface area contributed by atoms with Crippen LogP contribution in [0.3, 0.4) is 0 Å². The molecule has 0 N–H and O–H groups in total. The van der Waals surface area contributed by atoms with Crippen molar-refractivity contribution in [2.24, 2.45) is 0 Å². The predicted octanol–water partition coefficient (Wildman–Crippen LogP) is 6.13. The van der Waals surface area contributed by atoms with Crippen molar-refractivity contribution in [3.8, 4) is 11.5 Å². The van der Waals surface area contributed by atoms with E-state index in [0.29, 0.717) is 35.5 Å². The molecule has 36 heavy (non-hydrogen) atoms. The van der Waals surface area contributed by atoms with Gasteiger partial charge in [0.1, 0.15) is 18.1 Å². The normalized spacial score (nSPS) is 12.6. The number of rotatable bonds is 11. The molecule has 0 radical (unpaired) electrons. The maximum Gasteiger partial charge on any atom is 0.416 e. The van der Waals surface area contributed by atoms with Gasteiger partial charge in [-0.2, -0.15) is 13.2 Å². The minimum absolute atomic E-state index is 0.107. The molecule has 1 unspecified atom stereocenters. The zero-order chi connectivity index (χ0) is 26.3. The minimum atomic E-state index is -4.46. The van der Waals surface area contributed by atoms with Crippen molar-refractivity contribution in [2.75, 3.05) is 13.2 Å². The lowest BCUT2D eigenvalue weighted by molar-refractivity contribution is -0.156. The first-order chi connectivity index (χ1) is 17.1. The van der Waals surface area contributed by atoms with Crippen LogP contribution in [0.2, 0.25) is 0 Å². The van der Waals surface area contributed by atoms with Crippen LogP contribution in [-0.4, -0.2) is 36.4 Å². The number of fused-ring (bicyclic) bond motifs is 1. The number of hydrogen-bond donors (Lipinski definition) is 0. The van der Waals surface area contributed by atoms with Crippen molar-refractivity contribution in [3.05, 3.63) is 65.4 Å². The molecule has 1 atom stereocenters. The van der Waals surface area contributed by atoms with Gasteiger partial charge in [0.15, 0.2) is 6.10 Å². The van der Waals surface area contributed by atoms with Gasteiger partial charge >= 0.3 is 12.1 Å². The number of aromatic nitrogens is 1. The Balaban J connectivity index is 1.76. The number of carbonyl (C=O) groups excluding carboxylic acids is 1. The molecule has 0 aliphatic carbocycles. The first kappa shape index (κ1) is 27.3. The number of esters is 1. The molecule has 0 bridgehead atoms. The van der Waals surface area contributed by atoms with Crippen LogP contribution in [0.5, 0.6) is 11.5 Å². The first-order valence-corrected chi connectivity index (χ1v) is 11.8. The first-order valence-electron chi connectivity index (χ1n) is 11.8. The maximum absolute atomic E-state index is 13.1. The summed E-state index contributed by atoms with van der Waals surface area (Å²) in [6.45, 7) is 8.02. The van der Waals surface area contributed by atoms with E-state index in [0.717, 1.165) is 17.7 Å². The van der Waals surface area contributed by atoms with Gasteiger partial charge in [-0.3, -0.25) is 4.98 Å². The lowest BCUT2D eigenvalue weighted by Crippen LogP contribution is -2.28. The van der Waals surface area contributed by atoms with Crippen LogP contribution in [0, 0.1) is 0 Å². The SMILES string of the molecule is CCOC(=O)C(Cc1ccc(OCc2cnc3cc(C(F)(F)F)ccc3c2OC(C)C)cc1)OCC. The average Bonchev–Trinajstić information content (AvgIpc) is 2.83. The molecular weight excluding hydrogens is 475 g/mol. The van der Waals surface area contributed by atoms with Crippen LogP contribution >= 0.6 is 0 Å². The van der Waals surface area contributed by atoms with Crippen LogP contribution in [-0.2, 0) is 33.5 Å². The fourth-order valence-electron chi connectivity index (χ4n) is 3.61. The van der Waals surface area contributed by atoms with Gasteiger partial charge in [-0.1, -0.05) is 12.1 Å². The summed E-state index contributed by atoms with van der Waals surface area (Å²) in [5.41, 5.74) is 0.917. The number of alkyl halides is 3. The van der Waals surface area contributed by atoms with Gasteiger partial charge in [0.05, 0.1) is 29.4 Å². The van der Waals surface area contributed by atoms with Crippen molar-refractivity contribution >= 4 is 16.9 Å². The van der Waals surface area contributed by atoms with E-state index in [1.165, 1.54) is 12.3 Å². The van der Waals surface area contributed by atoms with E-state index < -0.39 is 23.8 Å². The highest BCUT2D eigenvalue weighted by molar-refractivity contribution is 5.86. The number of ether oxygens (including phenoxy) is 4. The molecule has 0 aliphatic heterocycles. The monoisotopic (exact) mass is 505 g/mol. The summed E-state index contributed by atoms with van der Waals surface area (Å²) < 4.78 is 61.8. The lowest BCUT2D eigenvalue weighted by atomic mass is 10.1. The maximum atomic E-state index is 13.1. The third-order valence-corrected chi connectivity index (χ3v) is 5.23. The quantitative estimate of drug-likeness (QED) is 0.292. The second-order valence-electron chi connectivity index (χ2n) is 8.34. The Kier molecular flexibility index (Phi) is 9.14. The van der Waals surface area contributed by atoms with E-state index in [2.05, 4.69) is 4.98 Å². The standard InChI is InChI=1S/C27H30F3NO5/c1-5-33-24(26(32)34-6-2)13-18-7-10-21(11-8-18)35-16-19-15-31-23-14-20(27(28,29)30)9-12-22(23)25(19)36-17(3)4/h7-12,14-15,17,24H,5-6,13,16H2,1-4H3. The second kappa shape index (κ2) is 12.1. The summed E-state index contributed by atoms with van der Waals surface area (Å²) in [6.07, 6.45) is -3.50. The molecule has 0 spiro atoms. The number of hydrogen-bond acceptors (Lipinski definition) is 6. The summed E-state index contributed by atoms with van der Waals surface area (Å²) in [5, 5.41) is 0.481. The highest BCUT2D eigenvalue weighted by atomic mass is 19.4. The lowest BCUT2D eigenvalue weighted by Gasteiger charge is -2.18. The van der Waals surface area contributed by atoms with Crippen LogP contribution in [0.25, 0.3) is 10.9 Å². The van der Waals surface area contributed by atoms with Crippen LogP contribution in [0.15, 0.2) is 48.7 Å². The van der Waals surface area contributed by atoms with E-state index >= 15 is 0 Å². The van der Waals surface area contributed by atoms with E-state index in [-0.39, 0.29) is 24.8 Å². The predicted molar refractivity (Wildman–Crippen MR) is 129 cm³/mol. The zero-order valence-electron chi connectivity index (χ0n) is 20.7. The molecule has 3 rings (SSSR count). The van der Waals surface area contributed by atoms with E-state index in [4.69, 9.17) is 18.9 Å². The van der Waals surface area contributed by atoms with Crippen LogP contribution in [0.1, 0.15) is 44.4 Å². The summed E-state index contributed by atoms with van der Waals surface area (Å²) in [4.78, 5) is 16.3. The fourth-order valence-corrected chi connectivity index (χ4v) is 3.61. The van der Waals surface area contributed by atoms with Crippen LogP contribution < -0.4 is 9.47 Å². The molecule has 0 fully saturated rings. The summed E-state index contributed by atoms with van der Waals surface area (Å²) in [5.74, 6) is 0.615. The Morgan fingerprint density at radius 2 is 1.75 bits per heavy atom. The Morgan fingerprint density at radius 3 is 2.36 bits per heavy atom. The summed E-state index contributed by atoms with van der Waals surface area (Å²) >= 11 is 0. The Morgan fingerprint density at radius 1 is 1.03 bits per heavy atom. The van der Waals surface area contributed by atoms with Gasteiger partial charge in [0.2, 0.25) is 0 Å². The molecule has 3 aromatic rings. The molecule has 194 valence electrons. The molecule has 9 heteroatoms. The molecule has 6 nitrogen and oxygen atoms in total. The number of benzene rings is 2. The van der Waals surface area contributed by atoms with E-state index in [9.17, 15) is 18.0 Å². The zero-order valence-corrected chi connectivity index (χ0v) is 20.7. The Bertz CT molecular complexity index is 1160. The average molecular weight is 506 g/mol. The Labute approximate surface area is 208 Å². The highest BCUT2D eigenvalue weighted by Gasteiger charge is 2.31. The molecule has 1 aromatic heterocycles. The van der Waals surface area contributed by atoms with Crippen molar-refractivity contribution in [1.29, 1.82) is 0 Å². The smallest absolute Gasteiger partial charge is 0.416 e. The van der Waals surface area contributed by atoms with Gasteiger partial charge in [-0.25, -0.2) is 4.79 Å². The third-order valence-electron chi connectivity index (χ3n) is 5.23. The van der Waals surface area contributed by atoms with Gasteiger partial charge in [0, 0.05) is 24.6 Å². The van der Waals surface area contributed by atoms with Gasteiger partial charge in [0.25, 0.3) is 0 Å². The minimum Gasteiger partial charge on any atom is -0.490 e. The van der Waals surface area contributed by atoms with Crippen molar-refractivity contribution in [1.82, 2.24) is 4.98 Å². The number of pyridine rings is 1. The third kappa shape index (κ3) is 7.10. The highest BCUT2D eigenvalue weighted by Crippen LogP contribution is 2.35. The number of halogens is 3. The van der Waals surface area contributed by atoms with Gasteiger partial charge in [-0.15, -0.1) is 0 Å². The van der Waals surface area contributed by atoms with Gasteiger partial charge in [-0.05, 0) is 63.6 Å². The van der Waals surface area contributed by atoms with Crippen molar-refractivity contribution < 1.29 is 36.9 Å². The Hall–Kier alpha value is -3.33. The molecule has 2 aromatic carbocycles. The second-order valence-corrected chi connectivity index (χ2v) is 8.34. The van der Waals surface area contributed by atoms with Crippen LogP contribution in [0.4, 0.5) is 13.2 Å². The van der Waals surface area contributed by atoms with E-state index in [1.54, 1.807) is 19.1 Å². The molecule has 0 amide bonds. The van der Waals surface area contributed by atoms with E-state index in [1.807, 2.05) is 32.9 Å². The largest absolute Gasteiger partial charge is 0.490 e. The summed E-state index contributed by atoms with van der Waals surface area (Å²) in [7, 11) is 0. The fraction of sp³-hybridized carbons (Fsp3) is 0.407. The van der Waals surface area contributed by atoms with Crippen molar-refractivity contribution in [3.63, 3.8) is 0 Å².